The normalized spacial score (nSPS) is 11.7. The van der Waals surface area contributed by atoms with Crippen LogP contribution in [0.3, 0.4) is 0 Å². The third-order valence-electron chi connectivity index (χ3n) is 2.95. The number of primary amides is 1. The Kier molecular flexibility index (Phi) is 5.30. The van der Waals surface area contributed by atoms with Crippen LogP contribution in [-0.2, 0) is 24.8 Å². The summed E-state index contributed by atoms with van der Waals surface area (Å²) >= 11 is 0. The second-order valence-corrected chi connectivity index (χ2v) is 8.15. The molecule has 0 bridgehead atoms. The summed E-state index contributed by atoms with van der Waals surface area (Å²) in [4.78, 5) is 10.5. The fourth-order valence-corrected chi connectivity index (χ4v) is 3.37. The molecule has 2 rings (SSSR count). The summed E-state index contributed by atoms with van der Waals surface area (Å²) in [5.74, 6) is -0.364. The molecule has 0 aliphatic rings. The number of carbonyl (C=O) groups excluding carboxylic acids is 1. The van der Waals surface area contributed by atoms with Gasteiger partial charge >= 0.3 is 0 Å². The van der Waals surface area contributed by atoms with E-state index < -0.39 is 26.0 Å². The summed E-state index contributed by atoms with van der Waals surface area (Å²) in [6, 6.07) is 10.3. The number of carbonyl (C=O) groups is 1. The van der Waals surface area contributed by atoms with E-state index in [9.17, 15) is 21.6 Å². The Balaban J connectivity index is 2.14. The van der Waals surface area contributed by atoms with Gasteiger partial charge in [0.2, 0.25) is 10.0 Å². The first-order chi connectivity index (χ1) is 11.6. The maximum atomic E-state index is 12.3. The largest absolute Gasteiger partial charge is 0.484 e. The van der Waals surface area contributed by atoms with Crippen molar-refractivity contribution in [1.29, 1.82) is 0 Å². The second-order valence-electron chi connectivity index (χ2n) is 4.90. The first-order valence-corrected chi connectivity index (χ1v) is 9.78. The molecule has 11 heteroatoms. The van der Waals surface area contributed by atoms with Gasteiger partial charge in [-0.2, -0.15) is 0 Å². The van der Waals surface area contributed by atoms with Crippen LogP contribution in [0.15, 0.2) is 58.3 Å². The highest BCUT2D eigenvalue weighted by molar-refractivity contribution is 7.92. The smallest absolute Gasteiger partial charge is 0.261 e. The van der Waals surface area contributed by atoms with E-state index in [0.717, 1.165) is 0 Å². The van der Waals surface area contributed by atoms with Crippen molar-refractivity contribution in [3.8, 4) is 5.75 Å². The molecule has 0 saturated heterocycles. The van der Waals surface area contributed by atoms with Crippen molar-refractivity contribution in [3.05, 3.63) is 48.5 Å². The fraction of sp³-hybridized carbons (Fsp3) is 0.0714. The van der Waals surface area contributed by atoms with Gasteiger partial charge in [0.05, 0.1) is 9.79 Å². The van der Waals surface area contributed by atoms with Crippen molar-refractivity contribution in [2.45, 2.75) is 9.79 Å². The Morgan fingerprint density at radius 3 is 1.92 bits per heavy atom. The third-order valence-corrected chi connectivity index (χ3v) is 5.28. The summed E-state index contributed by atoms with van der Waals surface area (Å²) in [7, 11) is -7.74. The molecule has 0 radical (unpaired) electrons. The number of hydrogen-bond acceptors (Lipinski definition) is 6. The quantitative estimate of drug-likeness (QED) is 0.608. The average molecular weight is 385 g/mol. The SMILES string of the molecule is NC(=O)COc1ccc(S(=O)(=O)Nc2ccc(S(N)(=O)=O)cc2)cc1. The van der Waals surface area contributed by atoms with E-state index in [-0.39, 0.29) is 27.8 Å². The molecule has 25 heavy (non-hydrogen) atoms. The predicted molar refractivity (Wildman–Crippen MR) is 89.8 cm³/mol. The third kappa shape index (κ3) is 5.17. The molecule has 5 N–H and O–H groups in total. The van der Waals surface area contributed by atoms with Gasteiger partial charge in [-0.1, -0.05) is 0 Å². The summed E-state index contributed by atoms with van der Waals surface area (Å²) in [6.45, 7) is -0.319. The molecule has 0 aliphatic carbocycles. The van der Waals surface area contributed by atoms with E-state index in [1.165, 1.54) is 48.5 Å². The molecule has 0 unspecified atom stereocenters. The number of sulfonamides is 2. The van der Waals surface area contributed by atoms with Crippen LogP contribution >= 0.6 is 0 Å². The number of hydrogen-bond donors (Lipinski definition) is 3. The Hall–Kier alpha value is -2.63. The molecule has 1 amide bonds. The summed E-state index contributed by atoms with van der Waals surface area (Å²) < 4.78 is 54.3. The number of amides is 1. The minimum atomic E-state index is -3.89. The van der Waals surface area contributed by atoms with E-state index in [4.69, 9.17) is 15.6 Å². The van der Waals surface area contributed by atoms with Crippen molar-refractivity contribution in [1.82, 2.24) is 0 Å². The van der Waals surface area contributed by atoms with Crippen LogP contribution in [0, 0.1) is 0 Å². The molecule has 9 nitrogen and oxygen atoms in total. The highest BCUT2D eigenvalue weighted by atomic mass is 32.2. The van der Waals surface area contributed by atoms with Crippen LogP contribution in [0.4, 0.5) is 5.69 Å². The number of ether oxygens (including phenoxy) is 1. The average Bonchev–Trinajstić information content (AvgIpc) is 2.52. The zero-order valence-corrected chi connectivity index (χ0v) is 14.4. The molecular weight excluding hydrogens is 370 g/mol. The van der Waals surface area contributed by atoms with E-state index in [1.54, 1.807) is 0 Å². The molecule has 0 heterocycles. The van der Waals surface area contributed by atoms with Crippen molar-refractivity contribution < 1.29 is 26.4 Å². The summed E-state index contributed by atoms with van der Waals surface area (Å²) in [6.07, 6.45) is 0. The standard InChI is InChI=1S/C14H15N3O6S2/c15-14(18)9-23-11-3-7-13(8-4-11)25(21,22)17-10-1-5-12(6-2-10)24(16,19)20/h1-8,17H,9H2,(H2,15,18)(H2,16,19,20). The van der Waals surface area contributed by atoms with Gasteiger partial charge in [0.15, 0.2) is 6.61 Å². The van der Waals surface area contributed by atoms with Gasteiger partial charge in [0.1, 0.15) is 5.75 Å². The Morgan fingerprint density at radius 1 is 0.920 bits per heavy atom. The molecular formula is C14H15N3O6S2. The van der Waals surface area contributed by atoms with E-state index in [0.29, 0.717) is 0 Å². The lowest BCUT2D eigenvalue weighted by Gasteiger charge is -2.09. The van der Waals surface area contributed by atoms with Gasteiger partial charge in [-0.15, -0.1) is 0 Å². The van der Waals surface area contributed by atoms with Crippen LogP contribution < -0.4 is 20.3 Å². The topological polar surface area (TPSA) is 159 Å². The minimum Gasteiger partial charge on any atom is -0.484 e. The lowest BCUT2D eigenvalue weighted by molar-refractivity contribution is -0.119. The zero-order chi connectivity index (χ0) is 18.7. The van der Waals surface area contributed by atoms with Gasteiger partial charge < -0.3 is 10.5 Å². The number of benzene rings is 2. The molecule has 2 aromatic carbocycles. The molecule has 134 valence electrons. The molecule has 0 aromatic heterocycles. The lowest BCUT2D eigenvalue weighted by Crippen LogP contribution is -2.20. The maximum absolute atomic E-state index is 12.3. The Bertz CT molecular complexity index is 968. The number of anilines is 1. The van der Waals surface area contributed by atoms with Gasteiger partial charge in [-0.3, -0.25) is 9.52 Å². The van der Waals surface area contributed by atoms with Gasteiger partial charge in [0.25, 0.3) is 15.9 Å². The first kappa shape index (κ1) is 18.7. The highest BCUT2D eigenvalue weighted by Crippen LogP contribution is 2.20. The van der Waals surface area contributed by atoms with E-state index in [1.807, 2.05) is 0 Å². The van der Waals surface area contributed by atoms with Crippen LogP contribution in [0.1, 0.15) is 0 Å². The maximum Gasteiger partial charge on any atom is 0.261 e. The zero-order valence-electron chi connectivity index (χ0n) is 12.7. The number of nitrogens with one attached hydrogen (secondary N) is 1. The highest BCUT2D eigenvalue weighted by Gasteiger charge is 2.15. The molecule has 0 saturated carbocycles. The van der Waals surface area contributed by atoms with Gasteiger partial charge in [0, 0.05) is 5.69 Å². The van der Waals surface area contributed by atoms with Crippen LogP contribution in [0.2, 0.25) is 0 Å². The van der Waals surface area contributed by atoms with E-state index >= 15 is 0 Å². The van der Waals surface area contributed by atoms with Crippen LogP contribution in [0.25, 0.3) is 0 Å². The van der Waals surface area contributed by atoms with Crippen molar-refractivity contribution >= 4 is 31.6 Å². The number of nitrogens with two attached hydrogens (primary N) is 2. The fourth-order valence-electron chi connectivity index (χ4n) is 1.80. The molecule has 0 fully saturated rings. The van der Waals surface area contributed by atoms with Crippen molar-refractivity contribution in [3.63, 3.8) is 0 Å². The first-order valence-electron chi connectivity index (χ1n) is 6.75. The second kappa shape index (κ2) is 7.09. The number of rotatable bonds is 7. The van der Waals surface area contributed by atoms with Crippen molar-refractivity contribution in [2.75, 3.05) is 11.3 Å². The number of primary sulfonamides is 1. The van der Waals surface area contributed by atoms with Crippen LogP contribution in [-0.4, -0.2) is 29.3 Å². The molecule has 0 atom stereocenters. The van der Waals surface area contributed by atoms with Gasteiger partial charge in [-0.25, -0.2) is 22.0 Å². The Labute approximate surface area is 144 Å². The van der Waals surface area contributed by atoms with Crippen molar-refractivity contribution in [2.24, 2.45) is 10.9 Å². The lowest BCUT2D eigenvalue weighted by atomic mass is 10.3. The molecule has 2 aromatic rings. The minimum absolute atomic E-state index is 0.0468. The summed E-state index contributed by atoms with van der Waals surface area (Å²) in [5, 5.41) is 4.98. The monoisotopic (exact) mass is 385 g/mol. The molecule has 0 aliphatic heterocycles. The summed E-state index contributed by atoms with van der Waals surface area (Å²) in [5.41, 5.74) is 5.12. The van der Waals surface area contributed by atoms with Gasteiger partial charge in [-0.05, 0) is 48.5 Å². The molecule has 0 spiro atoms. The predicted octanol–water partition coefficient (Wildman–Crippen LogP) is -0.00110. The van der Waals surface area contributed by atoms with Crippen LogP contribution in [0.5, 0.6) is 5.75 Å². The van der Waals surface area contributed by atoms with E-state index in [2.05, 4.69) is 4.72 Å². The Morgan fingerprint density at radius 2 is 1.44 bits per heavy atom.